The molecule has 0 aliphatic rings. The van der Waals surface area contributed by atoms with Crippen LogP contribution in [0.3, 0.4) is 0 Å². The fourth-order valence-corrected chi connectivity index (χ4v) is 3.69. The highest BCUT2D eigenvalue weighted by molar-refractivity contribution is 5.78. The Kier molecular flexibility index (Phi) is 12.5. The van der Waals surface area contributed by atoms with Crippen molar-refractivity contribution in [2.75, 3.05) is 6.61 Å². The van der Waals surface area contributed by atoms with Gasteiger partial charge in [0.2, 0.25) is 0 Å². The lowest BCUT2D eigenvalue weighted by Gasteiger charge is -2.13. The van der Waals surface area contributed by atoms with Crippen LogP contribution in [0.4, 0.5) is 0 Å². The molecule has 0 atom stereocenters. The first-order valence-electron chi connectivity index (χ1n) is 12.3. The zero-order chi connectivity index (χ0) is 22.2. The molecule has 0 heterocycles. The fraction of sp³-hybridized carbons (Fsp3) is 0.536. The lowest BCUT2D eigenvalue weighted by Crippen LogP contribution is -2.08. The number of unbranched alkanes of at least 4 members (excludes halogenated alkanes) is 9. The van der Waals surface area contributed by atoms with E-state index in [4.69, 9.17) is 9.47 Å². The molecule has 0 radical (unpaired) electrons. The molecule has 3 nitrogen and oxygen atoms in total. The van der Waals surface area contributed by atoms with E-state index in [0.29, 0.717) is 18.8 Å². The largest absolute Gasteiger partial charge is 0.493 e. The maximum atomic E-state index is 12.1. The Hall–Kier alpha value is -2.29. The number of ether oxygens (including phenoxy) is 2. The summed E-state index contributed by atoms with van der Waals surface area (Å²) in [4.78, 5) is 12.1. The highest BCUT2D eigenvalue weighted by atomic mass is 16.5. The van der Waals surface area contributed by atoms with Gasteiger partial charge in [-0.05, 0) is 30.5 Å². The topological polar surface area (TPSA) is 35.5 Å². The van der Waals surface area contributed by atoms with Crippen LogP contribution in [0.1, 0.15) is 90.9 Å². The Balaban J connectivity index is 1.79. The zero-order valence-electron chi connectivity index (χ0n) is 19.5. The van der Waals surface area contributed by atoms with E-state index < -0.39 is 0 Å². The van der Waals surface area contributed by atoms with E-state index in [9.17, 15) is 4.79 Å². The van der Waals surface area contributed by atoms with Crippen molar-refractivity contribution in [2.45, 2.75) is 90.9 Å². The van der Waals surface area contributed by atoms with Crippen LogP contribution in [0.2, 0.25) is 0 Å². The molecule has 3 heteroatoms. The molecule has 0 fully saturated rings. The van der Waals surface area contributed by atoms with Crippen molar-refractivity contribution in [1.29, 1.82) is 0 Å². The van der Waals surface area contributed by atoms with Crippen molar-refractivity contribution < 1.29 is 14.3 Å². The van der Waals surface area contributed by atoms with Gasteiger partial charge < -0.3 is 9.47 Å². The minimum absolute atomic E-state index is 0.202. The summed E-state index contributed by atoms with van der Waals surface area (Å²) in [5.74, 6) is 1.13. The summed E-state index contributed by atoms with van der Waals surface area (Å²) < 4.78 is 11.6. The molecule has 2 aromatic rings. The fourth-order valence-electron chi connectivity index (χ4n) is 3.69. The van der Waals surface area contributed by atoms with E-state index in [0.717, 1.165) is 29.7 Å². The number of benzene rings is 2. The maximum absolute atomic E-state index is 12.1. The minimum Gasteiger partial charge on any atom is -0.493 e. The van der Waals surface area contributed by atoms with Gasteiger partial charge in [0.05, 0.1) is 6.61 Å². The lowest BCUT2D eigenvalue weighted by molar-refractivity contribution is -0.134. The van der Waals surface area contributed by atoms with Crippen molar-refractivity contribution in [3.05, 3.63) is 48.5 Å². The van der Waals surface area contributed by atoms with E-state index in [1.165, 1.54) is 57.8 Å². The Morgan fingerprint density at radius 1 is 0.742 bits per heavy atom. The first-order chi connectivity index (χ1) is 15.2. The summed E-state index contributed by atoms with van der Waals surface area (Å²) in [6, 6.07) is 15.8. The first kappa shape index (κ1) is 25.0. The van der Waals surface area contributed by atoms with Gasteiger partial charge in [-0.1, -0.05) is 102 Å². The van der Waals surface area contributed by atoms with Gasteiger partial charge in [0, 0.05) is 18.1 Å². The molecule has 0 bridgehead atoms. The summed E-state index contributed by atoms with van der Waals surface area (Å²) in [5, 5.41) is 0. The highest BCUT2D eigenvalue weighted by Crippen LogP contribution is 2.34. The Morgan fingerprint density at radius 2 is 1.39 bits per heavy atom. The van der Waals surface area contributed by atoms with Crippen LogP contribution in [0, 0.1) is 0 Å². The molecule has 2 aromatic carbocycles. The second kappa shape index (κ2) is 15.5. The average molecular weight is 425 g/mol. The molecule has 31 heavy (non-hydrogen) atoms. The number of hydrogen-bond donors (Lipinski definition) is 0. The predicted octanol–water partition coefficient (Wildman–Crippen LogP) is 8.36. The second-order valence-corrected chi connectivity index (χ2v) is 8.28. The molecular formula is C28H40O3. The van der Waals surface area contributed by atoms with E-state index in [1.54, 1.807) is 0 Å². The van der Waals surface area contributed by atoms with E-state index in [2.05, 4.69) is 6.92 Å². The predicted molar refractivity (Wildman–Crippen MR) is 130 cm³/mol. The summed E-state index contributed by atoms with van der Waals surface area (Å²) in [5.41, 5.74) is 1.94. The van der Waals surface area contributed by atoms with E-state index in [-0.39, 0.29) is 5.97 Å². The van der Waals surface area contributed by atoms with Gasteiger partial charge in [0.15, 0.2) is 0 Å². The monoisotopic (exact) mass is 424 g/mol. The Morgan fingerprint density at radius 3 is 2.03 bits per heavy atom. The first-order valence-corrected chi connectivity index (χ1v) is 12.3. The van der Waals surface area contributed by atoms with Gasteiger partial charge in [-0.25, -0.2) is 0 Å². The van der Waals surface area contributed by atoms with Crippen LogP contribution in [0.25, 0.3) is 11.1 Å². The van der Waals surface area contributed by atoms with Crippen LogP contribution in [0.5, 0.6) is 11.5 Å². The number of esters is 1. The van der Waals surface area contributed by atoms with Crippen molar-refractivity contribution >= 4 is 5.97 Å². The van der Waals surface area contributed by atoms with Gasteiger partial charge in [0.1, 0.15) is 11.5 Å². The summed E-state index contributed by atoms with van der Waals surface area (Å²) in [6.07, 6.45) is 14.3. The van der Waals surface area contributed by atoms with E-state index >= 15 is 0 Å². The van der Waals surface area contributed by atoms with Gasteiger partial charge in [0.25, 0.3) is 0 Å². The Bertz CT molecular complexity index is 739. The van der Waals surface area contributed by atoms with Gasteiger partial charge in [-0.3, -0.25) is 4.79 Å². The third-order valence-corrected chi connectivity index (χ3v) is 5.48. The molecule has 0 N–H and O–H groups in total. The number of rotatable bonds is 16. The van der Waals surface area contributed by atoms with Crippen molar-refractivity contribution in [3.63, 3.8) is 0 Å². The second-order valence-electron chi connectivity index (χ2n) is 8.28. The highest BCUT2D eigenvalue weighted by Gasteiger charge is 2.12. The summed E-state index contributed by atoms with van der Waals surface area (Å²) in [6.45, 7) is 4.94. The molecule has 0 aliphatic carbocycles. The third-order valence-electron chi connectivity index (χ3n) is 5.48. The third kappa shape index (κ3) is 10.0. The average Bonchev–Trinajstić information content (AvgIpc) is 2.78. The lowest BCUT2D eigenvalue weighted by atomic mass is 10.0. The van der Waals surface area contributed by atoms with Crippen LogP contribution >= 0.6 is 0 Å². The molecule has 0 unspecified atom stereocenters. The molecular weight excluding hydrogens is 384 g/mol. The van der Waals surface area contributed by atoms with Gasteiger partial charge >= 0.3 is 5.97 Å². The van der Waals surface area contributed by atoms with Crippen LogP contribution in [-0.2, 0) is 4.79 Å². The molecule has 0 aliphatic heterocycles. The van der Waals surface area contributed by atoms with Crippen molar-refractivity contribution in [1.82, 2.24) is 0 Å². The quantitative estimate of drug-likeness (QED) is 0.154. The molecule has 0 saturated carbocycles. The Labute approximate surface area is 189 Å². The van der Waals surface area contributed by atoms with Crippen molar-refractivity contribution in [3.8, 4) is 22.6 Å². The number of carbonyl (C=O) groups is 1. The van der Waals surface area contributed by atoms with Crippen LogP contribution in [0.15, 0.2) is 48.5 Å². The standard InChI is InChI=1S/C28H40O3/c1-3-5-6-7-8-9-10-11-12-16-22-30-25-20-21-26(24-18-14-13-15-19-24)27(23-25)31-28(29)17-4-2/h13-15,18-21,23H,3-12,16-17,22H2,1-2H3. The SMILES string of the molecule is CCCCCCCCCCCCOc1ccc(-c2ccccc2)c(OC(=O)CCC)c1. The normalized spacial score (nSPS) is 10.8. The molecule has 170 valence electrons. The molecule has 0 aromatic heterocycles. The summed E-state index contributed by atoms with van der Waals surface area (Å²) >= 11 is 0. The molecule has 0 amide bonds. The van der Waals surface area contributed by atoms with Crippen LogP contribution < -0.4 is 9.47 Å². The summed E-state index contributed by atoms with van der Waals surface area (Å²) in [7, 11) is 0. The molecule has 0 saturated heterocycles. The maximum Gasteiger partial charge on any atom is 0.311 e. The number of carbonyl (C=O) groups excluding carboxylic acids is 1. The molecule has 2 rings (SSSR count). The van der Waals surface area contributed by atoms with E-state index in [1.807, 2.05) is 55.5 Å². The smallest absolute Gasteiger partial charge is 0.311 e. The van der Waals surface area contributed by atoms with Gasteiger partial charge in [-0.2, -0.15) is 0 Å². The number of hydrogen-bond acceptors (Lipinski definition) is 3. The van der Waals surface area contributed by atoms with Crippen molar-refractivity contribution in [2.24, 2.45) is 0 Å². The van der Waals surface area contributed by atoms with Crippen LogP contribution in [-0.4, -0.2) is 12.6 Å². The minimum atomic E-state index is -0.202. The van der Waals surface area contributed by atoms with Gasteiger partial charge in [-0.15, -0.1) is 0 Å². The zero-order valence-corrected chi connectivity index (χ0v) is 19.5. The molecule has 0 spiro atoms.